The Kier molecular flexibility index (Phi) is 4.57. The molecule has 0 spiro atoms. The van der Waals surface area contributed by atoms with Gasteiger partial charge in [0.1, 0.15) is 13.2 Å². The molecule has 0 radical (unpaired) electrons. The minimum Gasteiger partial charge on any atom is -0.486 e. The molecule has 6 nitrogen and oxygen atoms in total. The van der Waals surface area contributed by atoms with Crippen LogP contribution < -0.4 is 15.2 Å². The highest BCUT2D eigenvalue weighted by molar-refractivity contribution is 6.31. The summed E-state index contributed by atoms with van der Waals surface area (Å²) in [7, 11) is 0. The molecule has 1 heterocycles. The second kappa shape index (κ2) is 6.80. The zero-order valence-corrected chi connectivity index (χ0v) is 13.3. The first kappa shape index (κ1) is 16.1. The summed E-state index contributed by atoms with van der Waals surface area (Å²) < 4.78 is 15.8. The fourth-order valence-electron chi connectivity index (χ4n) is 2.23. The average molecular weight is 348 g/mol. The molecule has 3 rings (SSSR count). The highest BCUT2D eigenvalue weighted by Gasteiger charge is 2.17. The quantitative estimate of drug-likeness (QED) is 0.520. The molecule has 0 saturated carbocycles. The number of rotatable bonds is 4. The monoisotopic (exact) mass is 347 g/mol. The number of carbonyl (C=O) groups is 2. The molecule has 2 N–H and O–H groups in total. The summed E-state index contributed by atoms with van der Waals surface area (Å²) in [6.45, 7) is 0.496. The van der Waals surface area contributed by atoms with Crippen LogP contribution in [0.15, 0.2) is 36.4 Å². The molecule has 24 heavy (non-hydrogen) atoms. The van der Waals surface area contributed by atoms with Crippen LogP contribution in [-0.4, -0.2) is 31.6 Å². The highest BCUT2D eigenvalue weighted by Crippen LogP contribution is 2.30. The number of esters is 1. The maximum Gasteiger partial charge on any atom is 0.340 e. The molecule has 1 aliphatic heterocycles. The third kappa shape index (κ3) is 3.44. The summed E-state index contributed by atoms with van der Waals surface area (Å²) in [6.07, 6.45) is 0. The molecule has 124 valence electrons. The molecule has 1 aliphatic rings. The first-order valence-corrected chi connectivity index (χ1v) is 7.57. The van der Waals surface area contributed by atoms with Gasteiger partial charge in [0.15, 0.2) is 23.9 Å². The Hall–Kier alpha value is -2.73. The zero-order chi connectivity index (χ0) is 17.1. The van der Waals surface area contributed by atoms with Crippen molar-refractivity contribution in [1.82, 2.24) is 0 Å². The molecule has 0 aliphatic carbocycles. The molecular weight excluding hydrogens is 334 g/mol. The number of ketones is 1. The summed E-state index contributed by atoms with van der Waals surface area (Å²) in [5.41, 5.74) is 6.44. The van der Waals surface area contributed by atoms with Crippen molar-refractivity contribution in [2.45, 2.75) is 0 Å². The van der Waals surface area contributed by atoms with Gasteiger partial charge in [-0.3, -0.25) is 4.79 Å². The fraction of sp³-hybridized carbons (Fsp3) is 0.176. The normalized spacial score (nSPS) is 12.5. The summed E-state index contributed by atoms with van der Waals surface area (Å²) in [5, 5.41) is 0.413. The van der Waals surface area contributed by atoms with E-state index in [-0.39, 0.29) is 17.0 Å². The van der Waals surface area contributed by atoms with Gasteiger partial charge < -0.3 is 19.9 Å². The van der Waals surface area contributed by atoms with Crippen LogP contribution in [0, 0.1) is 0 Å². The van der Waals surface area contributed by atoms with Crippen molar-refractivity contribution >= 4 is 29.0 Å². The van der Waals surface area contributed by atoms with Gasteiger partial charge in [-0.05, 0) is 36.4 Å². The Morgan fingerprint density at radius 3 is 2.58 bits per heavy atom. The lowest BCUT2D eigenvalue weighted by Gasteiger charge is -2.18. The number of hydrogen-bond donors (Lipinski definition) is 1. The SMILES string of the molecule is Nc1cc(Cl)ccc1C(=O)OCC(=O)c1ccc2c(c1)OCCO2. The van der Waals surface area contributed by atoms with Crippen LogP contribution in [0.3, 0.4) is 0 Å². The van der Waals surface area contributed by atoms with Gasteiger partial charge in [-0.1, -0.05) is 11.6 Å². The molecular formula is C17H14ClNO5. The average Bonchev–Trinajstić information content (AvgIpc) is 2.59. The molecule has 0 saturated heterocycles. The molecule has 0 bridgehead atoms. The third-order valence-electron chi connectivity index (χ3n) is 3.43. The molecule has 7 heteroatoms. The molecule has 2 aromatic rings. The van der Waals surface area contributed by atoms with Crippen LogP contribution in [-0.2, 0) is 4.74 Å². The topological polar surface area (TPSA) is 87.9 Å². The smallest absolute Gasteiger partial charge is 0.340 e. The van der Waals surface area contributed by atoms with Crippen LogP contribution in [0.25, 0.3) is 0 Å². The second-order valence-electron chi connectivity index (χ2n) is 5.09. The molecule has 0 unspecified atom stereocenters. The number of nitrogens with two attached hydrogens (primary N) is 1. The van der Waals surface area contributed by atoms with E-state index in [0.29, 0.717) is 35.3 Å². The van der Waals surface area contributed by atoms with Gasteiger partial charge >= 0.3 is 5.97 Å². The fourth-order valence-corrected chi connectivity index (χ4v) is 2.41. The predicted molar refractivity (Wildman–Crippen MR) is 87.9 cm³/mol. The van der Waals surface area contributed by atoms with Gasteiger partial charge in [0.2, 0.25) is 0 Å². The largest absolute Gasteiger partial charge is 0.486 e. The highest BCUT2D eigenvalue weighted by atomic mass is 35.5. The van der Waals surface area contributed by atoms with Gasteiger partial charge in [-0.25, -0.2) is 4.79 Å². The van der Waals surface area contributed by atoms with Crippen LogP contribution >= 0.6 is 11.6 Å². The Labute approximate surface area is 143 Å². The first-order chi connectivity index (χ1) is 11.5. The Morgan fingerprint density at radius 2 is 1.83 bits per heavy atom. The van der Waals surface area contributed by atoms with E-state index in [0.717, 1.165) is 0 Å². The van der Waals surface area contributed by atoms with Crippen molar-refractivity contribution in [3.8, 4) is 11.5 Å². The van der Waals surface area contributed by atoms with E-state index in [2.05, 4.69) is 0 Å². The van der Waals surface area contributed by atoms with Crippen molar-refractivity contribution in [2.75, 3.05) is 25.6 Å². The first-order valence-electron chi connectivity index (χ1n) is 7.19. The Balaban J connectivity index is 1.66. The lowest BCUT2D eigenvalue weighted by Crippen LogP contribution is -2.17. The van der Waals surface area contributed by atoms with Crippen molar-refractivity contribution in [3.63, 3.8) is 0 Å². The van der Waals surface area contributed by atoms with Crippen LogP contribution in [0.4, 0.5) is 5.69 Å². The number of anilines is 1. The Morgan fingerprint density at radius 1 is 1.08 bits per heavy atom. The number of Topliss-reactive ketones (excluding diaryl/α,β-unsaturated/α-hetero) is 1. The lowest BCUT2D eigenvalue weighted by atomic mass is 10.1. The molecule has 0 aromatic heterocycles. The number of carbonyl (C=O) groups excluding carboxylic acids is 2. The van der Waals surface area contributed by atoms with E-state index < -0.39 is 12.6 Å². The summed E-state index contributed by atoms with van der Waals surface area (Å²) in [6, 6.07) is 9.24. The minimum absolute atomic E-state index is 0.161. The number of nitrogen functional groups attached to an aromatic ring is 1. The number of ether oxygens (including phenoxy) is 3. The molecule has 0 fully saturated rings. The molecule has 0 amide bonds. The van der Waals surface area contributed by atoms with E-state index in [1.807, 2.05) is 0 Å². The maximum atomic E-state index is 12.2. The maximum absolute atomic E-state index is 12.2. The summed E-state index contributed by atoms with van der Waals surface area (Å²) >= 11 is 5.78. The predicted octanol–water partition coefficient (Wildman–Crippen LogP) is 2.73. The third-order valence-corrected chi connectivity index (χ3v) is 3.67. The van der Waals surface area contributed by atoms with E-state index >= 15 is 0 Å². The van der Waals surface area contributed by atoms with Crippen molar-refractivity contribution in [2.24, 2.45) is 0 Å². The standard InChI is InChI=1S/C17H14ClNO5/c18-11-2-3-12(13(19)8-11)17(21)24-9-14(20)10-1-4-15-16(7-10)23-6-5-22-15/h1-4,7-8H,5-6,9,19H2. The van der Waals surface area contributed by atoms with E-state index in [1.54, 1.807) is 18.2 Å². The van der Waals surface area contributed by atoms with Gasteiger partial charge in [-0.15, -0.1) is 0 Å². The molecule has 0 atom stereocenters. The molecule has 2 aromatic carbocycles. The summed E-state index contributed by atoms with van der Waals surface area (Å²) in [5.74, 6) is 0.0482. The zero-order valence-electron chi connectivity index (χ0n) is 12.6. The second-order valence-corrected chi connectivity index (χ2v) is 5.53. The van der Waals surface area contributed by atoms with E-state index in [4.69, 9.17) is 31.5 Å². The number of benzene rings is 2. The van der Waals surface area contributed by atoms with Gasteiger partial charge in [-0.2, -0.15) is 0 Å². The van der Waals surface area contributed by atoms with E-state index in [1.165, 1.54) is 18.2 Å². The van der Waals surface area contributed by atoms with Crippen LogP contribution in [0.1, 0.15) is 20.7 Å². The van der Waals surface area contributed by atoms with Crippen LogP contribution in [0.2, 0.25) is 5.02 Å². The van der Waals surface area contributed by atoms with Crippen molar-refractivity contribution < 1.29 is 23.8 Å². The van der Waals surface area contributed by atoms with Gasteiger partial charge in [0, 0.05) is 16.3 Å². The van der Waals surface area contributed by atoms with Gasteiger partial charge in [0.05, 0.1) is 5.56 Å². The van der Waals surface area contributed by atoms with Crippen molar-refractivity contribution in [1.29, 1.82) is 0 Å². The van der Waals surface area contributed by atoms with E-state index in [9.17, 15) is 9.59 Å². The lowest BCUT2D eigenvalue weighted by molar-refractivity contribution is 0.0475. The number of fused-ring (bicyclic) bond motifs is 1. The Bertz CT molecular complexity index is 806. The number of halogens is 1. The van der Waals surface area contributed by atoms with Crippen LogP contribution in [0.5, 0.6) is 11.5 Å². The minimum atomic E-state index is -0.685. The number of hydrogen-bond acceptors (Lipinski definition) is 6. The summed E-state index contributed by atoms with van der Waals surface area (Å²) in [4.78, 5) is 24.2. The van der Waals surface area contributed by atoms with Crippen molar-refractivity contribution in [3.05, 3.63) is 52.5 Å². The van der Waals surface area contributed by atoms with Gasteiger partial charge in [0.25, 0.3) is 0 Å².